The van der Waals surface area contributed by atoms with Crippen molar-refractivity contribution in [2.24, 2.45) is 0 Å². The molecule has 0 radical (unpaired) electrons. The molecular weight excluding hydrogens is 406 g/mol. The van der Waals surface area contributed by atoms with Crippen LogP contribution in [0.5, 0.6) is 0 Å². The van der Waals surface area contributed by atoms with Crippen molar-refractivity contribution in [2.75, 3.05) is 38.0 Å². The molecular formula is C28H29N5. The second kappa shape index (κ2) is 8.24. The first-order valence-corrected chi connectivity index (χ1v) is 11.2. The van der Waals surface area contributed by atoms with E-state index in [9.17, 15) is 0 Å². The summed E-state index contributed by atoms with van der Waals surface area (Å²) in [5.41, 5.74) is 8.87. The molecule has 5 heteroatoms. The van der Waals surface area contributed by atoms with E-state index in [1.165, 1.54) is 22.5 Å². The summed E-state index contributed by atoms with van der Waals surface area (Å²) in [6.07, 6.45) is 9.05. The summed E-state index contributed by atoms with van der Waals surface area (Å²) >= 11 is 0. The van der Waals surface area contributed by atoms with Crippen LogP contribution in [-0.2, 0) is 11.8 Å². The van der Waals surface area contributed by atoms with Gasteiger partial charge in [0.05, 0.1) is 0 Å². The second-order valence-electron chi connectivity index (χ2n) is 9.08. The molecule has 33 heavy (non-hydrogen) atoms. The number of benzene rings is 2. The molecule has 0 bridgehead atoms. The molecule has 166 valence electrons. The van der Waals surface area contributed by atoms with Gasteiger partial charge in [0.2, 0.25) is 0 Å². The average Bonchev–Trinajstić information content (AvgIpc) is 3.27. The first-order valence-electron chi connectivity index (χ1n) is 11.2. The topological polar surface area (TPSA) is 48.1 Å². The largest absolute Gasteiger partial charge is 0.378 e. The lowest BCUT2D eigenvalue weighted by Crippen LogP contribution is -2.31. The minimum atomic E-state index is -0.302. The van der Waals surface area contributed by atoms with E-state index in [1.54, 1.807) is 6.20 Å². The van der Waals surface area contributed by atoms with Gasteiger partial charge in [-0.05, 0) is 47.5 Å². The van der Waals surface area contributed by atoms with Crippen molar-refractivity contribution in [3.05, 3.63) is 102 Å². The van der Waals surface area contributed by atoms with Crippen molar-refractivity contribution in [2.45, 2.75) is 11.8 Å². The Morgan fingerprint density at radius 2 is 1.52 bits per heavy atom. The van der Waals surface area contributed by atoms with Crippen LogP contribution in [0.4, 0.5) is 11.4 Å². The molecule has 4 aromatic rings. The Hall–Kier alpha value is -3.86. The van der Waals surface area contributed by atoms with Gasteiger partial charge in [-0.1, -0.05) is 36.4 Å². The molecule has 2 aromatic heterocycles. The van der Waals surface area contributed by atoms with Crippen LogP contribution in [0, 0.1) is 0 Å². The summed E-state index contributed by atoms with van der Waals surface area (Å²) in [7, 11) is 8.34. The van der Waals surface area contributed by atoms with Crippen molar-refractivity contribution in [1.82, 2.24) is 15.2 Å². The molecule has 0 spiro atoms. The monoisotopic (exact) mass is 435 g/mol. The van der Waals surface area contributed by atoms with Crippen LogP contribution in [0.2, 0.25) is 0 Å². The van der Waals surface area contributed by atoms with Crippen molar-refractivity contribution < 1.29 is 0 Å². The van der Waals surface area contributed by atoms with Gasteiger partial charge in [-0.3, -0.25) is 10.1 Å². The van der Waals surface area contributed by atoms with Crippen molar-refractivity contribution in [1.29, 1.82) is 0 Å². The molecule has 0 amide bonds. The Balaban J connectivity index is 1.68. The number of fused-ring (bicyclic) bond motifs is 1. The number of nitrogens with one attached hydrogen (secondary N) is 1. The SMILES string of the molecule is CN(C)c1cccc(C2(c3cccc(N(C)C)c3)C=Cc3c(-c4cccnc4)n[nH]c3C2)c1. The lowest BCUT2D eigenvalue weighted by atomic mass is 9.68. The van der Waals surface area contributed by atoms with E-state index in [4.69, 9.17) is 0 Å². The predicted octanol–water partition coefficient (Wildman–Crippen LogP) is 5.16. The van der Waals surface area contributed by atoms with Crippen molar-refractivity contribution in [3.63, 3.8) is 0 Å². The standard InChI is InChI=1S/C28H29N5/c1-32(2)23-11-5-9-21(16-23)28(22-10-6-12-24(17-22)33(3)4)14-13-25-26(18-28)30-31-27(25)20-8-7-15-29-19-20/h5-17,19H,18H2,1-4H3,(H,30,31). The van der Waals surface area contributed by atoms with Gasteiger partial charge in [0.25, 0.3) is 0 Å². The third-order valence-corrected chi connectivity index (χ3v) is 6.56. The van der Waals surface area contributed by atoms with Gasteiger partial charge < -0.3 is 9.80 Å². The zero-order chi connectivity index (χ0) is 23.0. The fourth-order valence-corrected chi connectivity index (χ4v) is 4.67. The lowest BCUT2D eigenvalue weighted by molar-refractivity contribution is 0.620. The molecule has 0 atom stereocenters. The number of anilines is 2. The molecule has 0 fully saturated rings. The summed E-state index contributed by atoms with van der Waals surface area (Å²) in [6.45, 7) is 0. The smallest absolute Gasteiger partial charge is 0.101 e. The number of aromatic amines is 1. The quantitative estimate of drug-likeness (QED) is 0.470. The summed E-state index contributed by atoms with van der Waals surface area (Å²) < 4.78 is 0. The Labute approximate surface area is 195 Å². The molecule has 0 saturated carbocycles. The first kappa shape index (κ1) is 21.0. The van der Waals surface area contributed by atoms with Gasteiger partial charge in [-0.15, -0.1) is 0 Å². The first-order chi connectivity index (χ1) is 16.0. The van der Waals surface area contributed by atoms with E-state index >= 15 is 0 Å². The highest BCUT2D eigenvalue weighted by molar-refractivity contribution is 5.76. The molecule has 1 aliphatic rings. The van der Waals surface area contributed by atoms with Crippen LogP contribution >= 0.6 is 0 Å². The predicted molar refractivity (Wildman–Crippen MR) is 137 cm³/mol. The fraction of sp³-hybridized carbons (Fsp3) is 0.214. The molecule has 0 saturated heterocycles. The van der Waals surface area contributed by atoms with Gasteiger partial charge in [-0.2, -0.15) is 5.10 Å². The van der Waals surface area contributed by atoms with Gasteiger partial charge >= 0.3 is 0 Å². The maximum absolute atomic E-state index is 4.68. The highest BCUT2D eigenvalue weighted by Gasteiger charge is 2.37. The summed E-state index contributed by atoms with van der Waals surface area (Å²) in [5, 5.41) is 8.02. The van der Waals surface area contributed by atoms with E-state index in [-0.39, 0.29) is 5.41 Å². The third-order valence-electron chi connectivity index (χ3n) is 6.56. The van der Waals surface area contributed by atoms with Crippen LogP contribution in [0.1, 0.15) is 22.4 Å². The summed E-state index contributed by atoms with van der Waals surface area (Å²) in [4.78, 5) is 8.59. The number of H-pyrrole nitrogens is 1. The molecule has 5 nitrogen and oxygen atoms in total. The number of rotatable bonds is 5. The van der Waals surface area contributed by atoms with Gasteiger partial charge in [0.1, 0.15) is 5.69 Å². The van der Waals surface area contributed by atoms with Crippen molar-refractivity contribution >= 4 is 17.5 Å². The number of pyridine rings is 1. The third kappa shape index (κ3) is 3.69. The molecule has 1 aliphatic carbocycles. The molecule has 2 aromatic carbocycles. The summed E-state index contributed by atoms with van der Waals surface area (Å²) in [6, 6.07) is 21.7. The Morgan fingerprint density at radius 1 is 0.848 bits per heavy atom. The molecule has 0 unspecified atom stereocenters. The minimum absolute atomic E-state index is 0.302. The average molecular weight is 436 g/mol. The Morgan fingerprint density at radius 3 is 2.09 bits per heavy atom. The summed E-state index contributed by atoms with van der Waals surface area (Å²) in [5.74, 6) is 0. The normalized spacial score (nSPS) is 14.1. The zero-order valence-corrected chi connectivity index (χ0v) is 19.6. The molecule has 0 aliphatic heterocycles. The van der Waals surface area contributed by atoms with Crippen LogP contribution in [0.3, 0.4) is 0 Å². The number of nitrogens with zero attached hydrogens (tertiary/aromatic N) is 4. The van der Waals surface area contributed by atoms with Crippen LogP contribution in [0.25, 0.3) is 17.3 Å². The molecule has 1 N–H and O–H groups in total. The van der Waals surface area contributed by atoms with E-state index in [0.29, 0.717) is 0 Å². The fourth-order valence-electron chi connectivity index (χ4n) is 4.67. The number of hydrogen-bond donors (Lipinski definition) is 1. The second-order valence-corrected chi connectivity index (χ2v) is 9.08. The number of hydrogen-bond acceptors (Lipinski definition) is 4. The number of aromatic nitrogens is 3. The van der Waals surface area contributed by atoms with Gasteiger partial charge in [0.15, 0.2) is 0 Å². The minimum Gasteiger partial charge on any atom is -0.378 e. The Bertz CT molecular complexity index is 1250. The van der Waals surface area contributed by atoms with E-state index in [2.05, 4.69) is 120 Å². The maximum atomic E-state index is 4.68. The number of allylic oxidation sites excluding steroid dienone is 1. The highest BCUT2D eigenvalue weighted by Crippen LogP contribution is 2.44. The van der Waals surface area contributed by atoms with E-state index in [1.807, 2.05) is 12.3 Å². The molecule has 2 heterocycles. The molecule has 5 rings (SSSR count). The van der Waals surface area contributed by atoms with Crippen LogP contribution in [-0.4, -0.2) is 43.4 Å². The highest BCUT2D eigenvalue weighted by atomic mass is 15.1. The lowest BCUT2D eigenvalue weighted by Gasteiger charge is -2.35. The van der Waals surface area contributed by atoms with Gasteiger partial charge in [-0.25, -0.2) is 0 Å². The van der Waals surface area contributed by atoms with Crippen molar-refractivity contribution in [3.8, 4) is 11.3 Å². The van der Waals surface area contributed by atoms with E-state index in [0.717, 1.165) is 28.9 Å². The zero-order valence-electron chi connectivity index (χ0n) is 19.6. The van der Waals surface area contributed by atoms with Gasteiger partial charge in [0, 0.05) is 80.6 Å². The van der Waals surface area contributed by atoms with Crippen LogP contribution in [0.15, 0.2) is 79.1 Å². The Kier molecular flexibility index (Phi) is 5.25. The maximum Gasteiger partial charge on any atom is 0.101 e. The van der Waals surface area contributed by atoms with Crippen LogP contribution < -0.4 is 9.80 Å². The van der Waals surface area contributed by atoms with E-state index < -0.39 is 0 Å².